The summed E-state index contributed by atoms with van der Waals surface area (Å²) in [6, 6.07) is 5.04. The molecule has 1 aromatic rings. The van der Waals surface area contributed by atoms with Crippen molar-refractivity contribution in [2.45, 2.75) is 30.2 Å². The van der Waals surface area contributed by atoms with Gasteiger partial charge in [0.2, 0.25) is 10.0 Å². The molecule has 1 heterocycles. The third kappa shape index (κ3) is 3.83. The van der Waals surface area contributed by atoms with Crippen molar-refractivity contribution in [2.75, 3.05) is 13.1 Å². The molecule has 0 saturated carbocycles. The van der Waals surface area contributed by atoms with E-state index in [9.17, 15) is 8.42 Å². The molecule has 0 radical (unpaired) electrons. The van der Waals surface area contributed by atoms with Gasteiger partial charge in [0.1, 0.15) is 4.90 Å². The van der Waals surface area contributed by atoms with Crippen LogP contribution in [0.15, 0.2) is 23.1 Å². The number of nitrogens with one attached hydrogen (secondary N) is 2. The van der Waals surface area contributed by atoms with Crippen molar-refractivity contribution >= 4 is 33.2 Å². The van der Waals surface area contributed by atoms with Crippen molar-refractivity contribution in [3.63, 3.8) is 0 Å². The topological polar surface area (TPSA) is 58.2 Å². The second-order valence-electron chi connectivity index (χ2n) is 4.53. The Morgan fingerprint density at radius 1 is 1.32 bits per heavy atom. The molecule has 1 saturated heterocycles. The van der Waals surface area contributed by atoms with E-state index in [-0.39, 0.29) is 14.9 Å². The number of benzene rings is 1. The molecule has 2 N–H and O–H groups in total. The molecule has 19 heavy (non-hydrogen) atoms. The molecule has 0 amide bonds. The lowest BCUT2D eigenvalue weighted by molar-refractivity contribution is 0.539. The highest BCUT2D eigenvalue weighted by Crippen LogP contribution is 2.28. The van der Waals surface area contributed by atoms with Gasteiger partial charge in [0.25, 0.3) is 0 Å². The van der Waals surface area contributed by atoms with Gasteiger partial charge in [-0.15, -0.1) is 0 Å². The Bertz CT molecular complexity index is 522. The van der Waals surface area contributed by atoms with E-state index in [4.69, 9.17) is 23.2 Å². The Kier molecular flexibility index (Phi) is 5.09. The van der Waals surface area contributed by atoms with Gasteiger partial charge >= 0.3 is 0 Å². The van der Waals surface area contributed by atoms with E-state index in [1.165, 1.54) is 12.1 Å². The molecule has 0 spiro atoms. The van der Waals surface area contributed by atoms with Crippen LogP contribution < -0.4 is 10.0 Å². The molecule has 1 aliphatic rings. The van der Waals surface area contributed by atoms with Gasteiger partial charge in [-0.3, -0.25) is 0 Å². The second kappa shape index (κ2) is 6.41. The predicted octanol–water partition coefficient (Wildman–Crippen LogP) is 2.41. The van der Waals surface area contributed by atoms with Gasteiger partial charge in [0.05, 0.1) is 10.0 Å². The Labute approximate surface area is 123 Å². The first kappa shape index (κ1) is 15.1. The third-order valence-electron chi connectivity index (χ3n) is 3.13. The molecule has 1 fully saturated rings. The summed E-state index contributed by atoms with van der Waals surface area (Å²) < 4.78 is 26.8. The van der Waals surface area contributed by atoms with Gasteiger partial charge in [-0.2, -0.15) is 0 Å². The van der Waals surface area contributed by atoms with Crippen molar-refractivity contribution in [3.8, 4) is 0 Å². The summed E-state index contributed by atoms with van der Waals surface area (Å²) >= 11 is 11.8. The largest absolute Gasteiger partial charge is 0.314 e. The Morgan fingerprint density at radius 2 is 2.00 bits per heavy atom. The molecule has 1 aromatic carbocycles. The van der Waals surface area contributed by atoms with Crippen molar-refractivity contribution in [3.05, 3.63) is 28.2 Å². The molecule has 1 aliphatic heterocycles. The van der Waals surface area contributed by atoms with E-state index in [1.54, 1.807) is 6.07 Å². The van der Waals surface area contributed by atoms with E-state index >= 15 is 0 Å². The maximum atomic E-state index is 12.1. The summed E-state index contributed by atoms with van der Waals surface area (Å²) in [6.07, 6.45) is 3.00. The van der Waals surface area contributed by atoms with Crippen molar-refractivity contribution < 1.29 is 8.42 Å². The van der Waals surface area contributed by atoms with Gasteiger partial charge in [-0.05, 0) is 37.9 Å². The van der Waals surface area contributed by atoms with Crippen molar-refractivity contribution in [1.82, 2.24) is 10.0 Å². The third-order valence-corrected chi connectivity index (χ3v) is 5.55. The Morgan fingerprint density at radius 3 is 2.58 bits per heavy atom. The number of sulfonamides is 1. The fraction of sp³-hybridized carbons (Fsp3) is 0.500. The molecule has 2 rings (SSSR count). The summed E-state index contributed by atoms with van der Waals surface area (Å²) in [4.78, 5) is -0.0438. The first-order valence-electron chi connectivity index (χ1n) is 6.18. The monoisotopic (exact) mass is 322 g/mol. The van der Waals surface area contributed by atoms with Crippen LogP contribution in [0.3, 0.4) is 0 Å². The van der Waals surface area contributed by atoms with Crippen LogP contribution in [0.4, 0.5) is 0 Å². The predicted molar refractivity (Wildman–Crippen MR) is 77.3 cm³/mol. The van der Waals surface area contributed by atoms with Gasteiger partial charge in [0.15, 0.2) is 0 Å². The van der Waals surface area contributed by atoms with E-state index in [2.05, 4.69) is 10.0 Å². The standard InChI is InChI=1S/C12H16Cl2N2O2S/c13-10-4-1-5-11(14)12(10)19(17,18)16-8-6-9-3-2-7-15-9/h1,4-5,9,15-16H,2-3,6-8H2. The quantitative estimate of drug-likeness (QED) is 0.875. The van der Waals surface area contributed by atoms with Crippen molar-refractivity contribution in [1.29, 1.82) is 0 Å². The molecule has 0 aliphatic carbocycles. The maximum absolute atomic E-state index is 12.1. The van der Waals surface area contributed by atoms with E-state index < -0.39 is 10.0 Å². The van der Waals surface area contributed by atoms with Crippen LogP contribution in [0.1, 0.15) is 19.3 Å². The molecular formula is C12H16Cl2N2O2S. The van der Waals surface area contributed by atoms with Crippen LogP contribution in [-0.2, 0) is 10.0 Å². The van der Waals surface area contributed by atoms with Gasteiger partial charge in [-0.1, -0.05) is 29.3 Å². The van der Waals surface area contributed by atoms with E-state index in [0.717, 1.165) is 25.8 Å². The lowest BCUT2D eigenvalue weighted by Gasteiger charge is -2.12. The molecule has 106 valence electrons. The van der Waals surface area contributed by atoms with Crippen molar-refractivity contribution in [2.24, 2.45) is 0 Å². The summed E-state index contributed by atoms with van der Waals surface area (Å²) in [5, 5.41) is 3.59. The highest BCUT2D eigenvalue weighted by Gasteiger charge is 2.22. The number of hydrogen-bond acceptors (Lipinski definition) is 3. The zero-order chi connectivity index (χ0) is 13.9. The summed E-state index contributed by atoms with van der Waals surface area (Å²) in [5.74, 6) is 0. The number of hydrogen-bond donors (Lipinski definition) is 2. The smallest absolute Gasteiger partial charge is 0.243 e. The summed E-state index contributed by atoms with van der Waals surface area (Å²) in [6.45, 7) is 1.38. The van der Waals surface area contributed by atoms with E-state index in [1.807, 2.05) is 0 Å². The highest BCUT2D eigenvalue weighted by atomic mass is 35.5. The average molecular weight is 323 g/mol. The fourth-order valence-corrected chi connectivity index (χ4v) is 4.37. The lowest BCUT2D eigenvalue weighted by atomic mass is 10.2. The van der Waals surface area contributed by atoms with Crippen LogP contribution in [-0.4, -0.2) is 27.5 Å². The number of halogens is 2. The lowest BCUT2D eigenvalue weighted by Crippen LogP contribution is -2.30. The van der Waals surface area contributed by atoms with Crippen LogP contribution in [0.2, 0.25) is 10.0 Å². The van der Waals surface area contributed by atoms with Crippen LogP contribution in [0, 0.1) is 0 Å². The normalized spacial score (nSPS) is 19.8. The molecule has 7 heteroatoms. The first-order valence-corrected chi connectivity index (χ1v) is 8.41. The summed E-state index contributed by atoms with van der Waals surface area (Å²) in [7, 11) is -3.65. The van der Waals surface area contributed by atoms with Crippen LogP contribution in [0.25, 0.3) is 0 Å². The minimum absolute atomic E-state index is 0.0438. The van der Waals surface area contributed by atoms with E-state index in [0.29, 0.717) is 12.6 Å². The van der Waals surface area contributed by atoms with Crippen LogP contribution >= 0.6 is 23.2 Å². The minimum Gasteiger partial charge on any atom is -0.314 e. The van der Waals surface area contributed by atoms with Crippen LogP contribution in [0.5, 0.6) is 0 Å². The Hall–Kier alpha value is -0.330. The first-order chi connectivity index (χ1) is 9.00. The molecule has 0 aromatic heterocycles. The second-order valence-corrected chi connectivity index (χ2v) is 7.05. The highest BCUT2D eigenvalue weighted by molar-refractivity contribution is 7.89. The van der Waals surface area contributed by atoms with Gasteiger partial charge in [0, 0.05) is 12.6 Å². The van der Waals surface area contributed by atoms with Gasteiger partial charge < -0.3 is 5.32 Å². The minimum atomic E-state index is -3.65. The molecule has 0 bridgehead atoms. The number of rotatable bonds is 5. The zero-order valence-electron chi connectivity index (χ0n) is 10.3. The summed E-state index contributed by atoms with van der Waals surface area (Å²) in [5.41, 5.74) is 0. The molecule has 1 atom stereocenters. The molecule has 4 nitrogen and oxygen atoms in total. The SMILES string of the molecule is O=S(=O)(NCCC1CCCN1)c1c(Cl)cccc1Cl. The molecule has 1 unspecified atom stereocenters. The maximum Gasteiger partial charge on any atom is 0.243 e. The van der Waals surface area contributed by atoms with Gasteiger partial charge in [-0.25, -0.2) is 13.1 Å². The fourth-order valence-electron chi connectivity index (χ4n) is 2.18. The Balaban J connectivity index is 2.01. The average Bonchev–Trinajstić information content (AvgIpc) is 2.81. The molecular weight excluding hydrogens is 307 g/mol. The zero-order valence-corrected chi connectivity index (χ0v) is 12.7.